The van der Waals surface area contributed by atoms with Crippen molar-refractivity contribution in [2.75, 3.05) is 13.1 Å². The second-order valence-corrected chi connectivity index (χ2v) is 7.48. The Hall–Kier alpha value is -2.75. The summed E-state index contributed by atoms with van der Waals surface area (Å²) in [5.41, 5.74) is -0.354. The van der Waals surface area contributed by atoms with E-state index in [2.05, 4.69) is 20.2 Å². The molecule has 1 amide bonds. The van der Waals surface area contributed by atoms with Gasteiger partial charge in [-0.3, -0.25) is 9.89 Å². The summed E-state index contributed by atoms with van der Waals surface area (Å²) in [6.45, 7) is 0.800. The van der Waals surface area contributed by atoms with Gasteiger partial charge in [0.05, 0.1) is 10.6 Å². The Bertz CT molecular complexity index is 956. The maximum absolute atomic E-state index is 13.4. The zero-order chi connectivity index (χ0) is 19.7. The van der Waals surface area contributed by atoms with Gasteiger partial charge in [-0.05, 0) is 36.4 Å². The van der Waals surface area contributed by atoms with Crippen molar-refractivity contribution < 1.29 is 18.0 Å². The predicted octanol–water partition coefficient (Wildman–Crippen LogP) is 3.97. The average Bonchev–Trinajstić information content (AvgIpc) is 3.40. The summed E-state index contributed by atoms with van der Waals surface area (Å²) in [6.07, 6.45) is -1.79. The lowest BCUT2D eigenvalue weighted by atomic mass is 9.96. The number of H-pyrrole nitrogens is 1. The minimum Gasteiger partial charge on any atom is -0.337 e. The van der Waals surface area contributed by atoms with Crippen LogP contribution in [0.1, 0.15) is 40.8 Å². The van der Waals surface area contributed by atoms with Crippen LogP contribution in [-0.4, -0.2) is 44.1 Å². The molecular formula is C18H16F3N5OS. The van der Waals surface area contributed by atoms with Crippen molar-refractivity contribution in [1.29, 1.82) is 0 Å². The molecule has 0 aliphatic carbocycles. The fourth-order valence-corrected chi connectivity index (χ4v) is 3.95. The molecule has 0 radical (unpaired) electrons. The predicted molar refractivity (Wildman–Crippen MR) is 96.8 cm³/mol. The van der Waals surface area contributed by atoms with Crippen LogP contribution in [0.3, 0.4) is 0 Å². The maximum atomic E-state index is 13.4. The summed E-state index contributed by atoms with van der Waals surface area (Å²) in [5, 5.41) is 8.19. The van der Waals surface area contributed by atoms with E-state index in [9.17, 15) is 18.0 Å². The van der Waals surface area contributed by atoms with Crippen LogP contribution in [0.2, 0.25) is 0 Å². The van der Waals surface area contributed by atoms with E-state index in [1.807, 2.05) is 0 Å². The number of carbonyl (C=O) groups is 1. The topological polar surface area (TPSA) is 74.8 Å². The van der Waals surface area contributed by atoms with Crippen LogP contribution < -0.4 is 0 Å². The number of nitrogens with one attached hydrogen (secondary N) is 1. The molecule has 4 heterocycles. The molecule has 3 aromatic heterocycles. The van der Waals surface area contributed by atoms with E-state index in [1.54, 1.807) is 28.5 Å². The molecule has 3 aromatic rings. The van der Waals surface area contributed by atoms with Crippen molar-refractivity contribution in [3.63, 3.8) is 0 Å². The van der Waals surface area contributed by atoms with Gasteiger partial charge in [-0.25, -0.2) is 9.97 Å². The van der Waals surface area contributed by atoms with Crippen LogP contribution in [0.25, 0.3) is 10.6 Å². The van der Waals surface area contributed by atoms with Crippen molar-refractivity contribution in [3.05, 3.63) is 53.1 Å². The highest BCUT2D eigenvalue weighted by Crippen LogP contribution is 2.34. The van der Waals surface area contributed by atoms with E-state index in [4.69, 9.17) is 0 Å². The molecule has 0 saturated carbocycles. The molecule has 1 N–H and O–H groups in total. The number of nitrogens with zero attached hydrogens (tertiary/aromatic N) is 4. The molecule has 0 aromatic carbocycles. The third-order valence-electron chi connectivity index (χ3n) is 4.61. The van der Waals surface area contributed by atoms with Gasteiger partial charge in [-0.15, -0.1) is 11.3 Å². The second kappa shape index (κ2) is 7.34. The van der Waals surface area contributed by atoms with Gasteiger partial charge >= 0.3 is 6.18 Å². The molecular weight excluding hydrogens is 391 g/mol. The molecule has 1 atom stereocenters. The number of hydrogen-bond donors (Lipinski definition) is 1. The Labute approximate surface area is 162 Å². The Morgan fingerprint density at radius 2 is 2.14 bits per heavy atom. The first-order valence-electron chi connectivity index (χ1n) is 8.70. The summed E-state index contributed by atoms with van der Waals surface area (Å²) in [5.74, 6) is -0.463. The van der Waals surface area contributed by atoms with Gasteiger partial charge in [0.1, 0.15) is 17.2 Å². The number of piperidine rings is 1. The van der Waals surface area contributed by atoms with E-state index < -0.39 is 11.9 Å². The van der Waals surface area contributed by atoms with Crippen LogP contribution >= 0.6 is 11.3 Å². The molecule has 0 bridgehead atoms. The average molecular weight is 407 g/mol. The summed E-state index contributed by atoms with van der Waals surface area (Å²) in [6, 6.07) is 6.04. The minimum atomic E-state index is -4.57. The Morgan fingerprint density at radius 3 is 2.82 bits per heavy atom. The number of halogens is 3. The standard InChI is InChI=1S/C18H16F3N5OS/c19-18(20,21)15-9-13(14-4-2-8-28-14)23-16(24-15)11-3-1-7-26(10-11)17(27)12-5-6-22-25-12/h2,4-6,8-9,11H,1,3,7,10H2,(H,22,25)/t11-/m0/s1. The maximum Gasteiger partial charge on any atom is 0.433 e. The number of aromatic amines is 1. The molecule has 1 fully saturated rings. The molecule has 0 spiro atoms. The van der Waals surface area contributed by atoms with Gasteiger partial charge < -0.3 is 4.90 Å². The first-order chi connectivity index (χ1) is 13.4. The first kappa shape index (κ1) is 18.6. The van der Waals surface area contributed by atoms with Gasteiger partial charge in [-0.1, -0.05) is 6.07 Å². The largest absolute Gasteiger partial charge is 0.433 e. The zero-order valence-corrected chi connectivity index (χ0v) is 15.4. The number of rotatable bonds is 3. The number of likely N-dealkylation sites (tertiary alicyclic amines) is 1. The smallest absolute Gasteiger partial charge is 0.337 e. The van der Waals surface area contributed by atoms with E-state index in [0.717, 1.165) is 6.07 Å². The number of thiophene rings is 1. The van der Waals surface area contributed by atoms with Crippen molar-refractivity contribution in [3.8, 4) is 10.6 Å². The number of alkyl halides is 3. The molecule has 0 unspecified atom stereocenters. The Balaban J connectivity index is 1.65. The van der Waals surface area contributed by atoms with Gasteiger partial charge in [0.25, 0.3) is 5.91 Å². The molecule has 1 aliphatic heterocycles. The van der Waals surface area contributed by atoms with Crippen molar-refractivity contribution >= 4 is 17.2 Å². The highest BCUT2D eigenvalue weighted by Gasteiger charge is 2.35. The normalized spacial score (nSPS) is 17.7. The minimum absolute atomic E-state index is 0.125. The van der Waals surface area contributed by atoms with Crippen molar-refractivity contribution in [1.82, 2.24) is 25.1 Å². The number of aromatic nitrogens is 4. The Kier molecular flexibility index (Phi) is 4.88. The third-order valence-corrected chi connectivity index (χ3v) is 5.50. The van der Waals surface area contributed by atoms with Crippen LogP contribution in [0, 0.1) is 0 Å². The van der Waals surface area contributed by atoms with Gasteiger partial charge in [-0.2, -0.15) is 18.3 Å². The molecule has 1 saturated heterocycles. The summed E-state index contributed by atoms with van der Waals surface area (Å²) < 4.78 is 40.2. The SMILES string of the molecule is O=C(c1ccn[nH]1)N1CCC[C@H](c2nc(-c3cccs3)cc(C(F)(F)F)n2)C1. The summed E-state index contributed by atoms with van der Waals surface area (Å²) >= 11 is 1.32. The van der Waals surface area contributed by atoms with E-state index in [-0.39, 0.29) is 29.9 Å². The molecule has 1 aliphatic rings. The zero-order valence-electron chi connectivity index (χ0n) is 14.6. The first-order valence-corrected chi connectivity index (χ1v) is 9.58. The van der Waals surface area contributed by atoms with E-state index >= 15 is 0 Å². The number of amides is 1. The summed E-state index contributed by atoms with van der Waals surface area (Å²) in [4.78, 5) is 23.0. The number of hydrogen-bond acceptors (Lipinski definition) is 5. The molecule has 28 heavy (non-hydrogen) atoms. The third kappa shape index (κ3) is 3.77. The lowest BCUT2D eigenvalue weighted by Crippen LogP contribution is -2.39. The quantitative estimate of drug-likeness (QED) is 0.713. The van der Waals surface area contributed by atoms with Crippen LogP contribution in [0.5, 0.6) is 0 Å². The molecule has 6 nitrogen and oxygen atoms in total. The van der Waals surface area contributed by atoms with E-state index in [0.29, 0.717) is 30.0 Å². The molecule has 4 rings (SSSR count). The highest BCUT2D eigenvalue weighted by atomic mass is 32.1. The Morgan fingerprint density at radius 1 is 1.29 bits per heavy atom. The lowest BCUT2D eigenvalue weighted by Gasteiger charge is -2.32. The van der Waals surface area contributed by atoms with E-state index in [1.165, 1.54) is 17.5 Å². The van der Waals surface area contributed by atoms with Gasteiger partial charge in [0.2, 0.25) is 0 Å². The molecule has 146 valence electrons. The number of carbonyl (C=O) groups excluding carboxylic acids is 1. The van der Waals surface area contributed by atoms with Crippen LogP contribution in [0.4, 0.5) is 13.2 Å². The lowest BCUT2D eigenvalue weighted by molar-refractivity contribution is -0.141. The summed E-state index contributed by atoms with van der Waals surface area (Å²) in [7, 11) is 0. The fraction of sp³-hybridized carbons (Fsp3) is 0.333. The molecule has 10 heteroatoms. The highest BCUT2D eigenvalue weighted by molar-refractivity contribution is 7.13. The second-order valence-electron chi connectivity index (χ2n) is 6.53. The van der Waals surface area contributed by atoms with Gasteiger partial charge in [0, 0.05) is 25.2 Å². The van der Waals surface area contributed by atoms with Crippen molar-refractivity contribution in [2.24, 2.45) is 0 Å². The monoisotopic (exact) mass is 407 g/mol. The van der Waals surface area contributed by atoms with Gasteiger partial charge in [0.15, 0.2) is 0 Å². The van der Waals surface area contributed by atoms with Crippen LogP contribution in [-0.2, 0) is 6.18 Å². The van der Waals surface area contributed by atoms with Crippen molar-refractivity contribution in [2.45, 2.75) is 24.9 Å². The van der Waals surface area contributed by atoms with Crippen LogP contribution in [0.15, 0.2) is 35.8 Å². The fourth-order valence-electron chi connectivity index (χ4n) is 3.26.